The van der Waals surface area contributed by atoms with Crippen LogP contribution in [-0.4, -0.2) is 36.9 Å². The average molecular weight is 383 g/mol. The van der Waals surface area contributed by atoms with Crippen molar-refractivity contribution < 1.29 is 9.18 Å². The van der Waals surface area contributed by atoms with E-state index in [2.05, 4.69) is 20.5 Å². The molecule has 1 saturated carbocycles. The number of amides is 1. The Morgan fingerprint density at radius 3 is 2.56 bits per heavy atom. The van der Waals surface area contributed by atoms with E-state index in [9.17, 15) is 9.18 Å². The molecule has 2 aromatic heterocycles. The second kappa shape index (κ2) is 7.48. The van der Waals surface area contributed by atoms with E-state index in [1.807, 2.05) is 23.6 Å². The third-order valence-corrected chi connectivity index (χ3v) is 5.27. The molecule has 1 amide bonds. The van der Waals surface area contributed by atoms with Crippen molar-refractivity contribution in [2.45, 2.75) is 36.2 Å². The van der Waals surface area contributed by atoms with Gasteiger partial charge in [0.1, 0.15) is 5.82 Å². The van der Waals surface area contributed by atoms with E-state index in [-0.39, 0.29) is 17.0 Å². The van der Waals surface area contributed by atoms with Crippen molar-refractivity contribution in [3.05, 3.63) is 54.6 Å². The fourth-order valence-corrected chi connectivity index (χ4v) is 3.49. The number of pyridine rings is 1. The number of thioether (sulfide) groups is 1. The van der Waals surface area contributed by atoms with Crippen LogP contribution in [0.15, 0.2) is 53.9 Å². The van der Waals surface area contributed by atoms with Crippen LogP contribution in [0.4, 0.5) is 4.39 Å². The van der Waals surface area contributed by atoms with E-state index in [1.165, 1.54) is 23.9 Å². The number of nitrogens with one attached hydrogen (secondary N) is 1. The highest BCUT2D eigenvalue weighted by molar-refractivity contribution is 8.00. The van der Waals surface area contributed by atoms with Gasteiger partial charge in [-0.3, -0.25) is 14.3 Å². The standard InChI is InChI=1S/C19H18FN5OS/c1-12(18(26)22-15-4-5-15)27-19-24-23-17(13-8-10-21-11-9-13)25(19)16-6-2-14(20)3-7-16/h2-3,6-12,15H,4-5H2,1H3,(H,22,26)/t12-/m0/s1. The molecule has 1 N–H and O–H groups in total. The minimum Gasteiger partial charge on any atom is -0.352 e. The highest BCUT2D eigenvalue weighted by Gasteiger charge is 2.27. The molecule has 8 heteroatoms. The summed E-state index contributed by atoms with van der Waals surface area (Å²) in [6.07, 6.45) is 5.44. The third-order valence-electron chi connectivity index (χ3n) is 4.23. The monoisotopic (exact) mass is 383 g/mol. The molecule has 0 unspecified atom stereocenters. The van der Waals surface area contributed by atoms with E-state index < -0.39 is 0 Å². The van der Waals surface area contributed by atoms with Gasteiger partial charge in [0.15, 0.2) is 11.0 Å². The molecule has 2 heterocycles. The zero-order valence-electron chi connectivity index (χ0n) is 14.7. The normalized spacial score (nSPS) is 14.7. The summed E-state index contributed by atoms with van der Waals surface area (Å²) >= 11 is 1.33. The molecule has 3 aromatic rings. The lowest BCUT2D eigenvalue weighted by atomic mass is 10.2. The predicted octanol–water partition coefficient (Wildman–Crippen LogP) is 3.23. The summed E-state index contributed by atoms with van der Waals surface area (Å²) in [4.78, 5) is 16.4. The maximum Gasteiger partial charge on any atom is 0.233 e. The predicted molar refractivity (Wildman–Crippen MR) is 101 cm³/mol. The third kappa shape index (κ3) is 4.00. The SMILES string of the molecule is C[C@H](Sc1nnc(-c2ccncc2)n1-c1ccc(F)cc1)C(=O)NC1CC1. The molecule has 0 radical (unpaired) electrons. The molecule has 1 aromatic carbocycles. The Morgan fingerprint density at radius 2 is 1.89 bits per heavy atom. The van der Waals surface area contributed by atoms with Crippen LogP contribution in [0, 0.1) is 5.82 Å². The summed E-state index contributed by atoms with van der Waals surface area (Å²) in [6, 6.07) is 10.1. The molecule has 0 spiro atoms. The van der Waals surface area contributed by atoms with E-state index in [4.69, 9.17) is 0 Å². The van der Waals surface area contributed by atoms with Gasteiger partial charge in [-0.15, -0.1) is 10.2 Å². The van der Waals surface area contributed by atoms with E-state index >= 15 is 0 Å². The lowest BCUT2D eigenvalue weighted by Crippen LogP contribution is -2.32. The number of aromatic nitrogens is 4. The minimum absolute atomic E-state index is 0.0124. The number of rotatable bonds is 6. The van der Waals surface area contributed by atoms with Crippen LogP contribution in [0.25, 0.3) is 17.1 Å². The number of hydrogen-bond acceptors (Lipinski definition) is 5. The number of nitrogens with zero attached hydrogens (tertiary/aromatic N) is 4. The fraction of sp³-hybridized carbons (Fsp3) is 0.263. The smallest absolute Gasteiger partial charge is 0.233 e. The van der Waals surface area contributed by atoms with Crippen molar-refractivity contribution in [1.82, 2.24) is 25.1 Å². The summed E-state index contributed by atoms with van der Waals surface area (Å²) in [7, 11) is 0. The van der Waals surface area contributed by atoms with Gasteiger partial charge in [-0.25, -0.2) is 4.39 Å². The first kappa shape index (κ1) is 17.7. The lowest BCUT2D eigenvalue weighted by molar-refractivity contribution is -0.120. The van der Waals surface area contributed by atoms with Crippen LogP contribution in [0.1, 0.15) is 19.8 Å². The maximum absolute atomic E-state index is 13.4. The van der Waals surface area contributed by atoms with Crippen molar-refractivity contribution in [3.8, 4) is 17.1 Å². The zero-order valence-corrected chi connectivity index (χ0v) is 15.5. The molecule has 0 aliphatic heterocycles. The van der Waals surface area contributed by atoms with Crippen molar-refractivity contribution in [2.24, 2.45) is 0 Å². The average Bonchev–Trinajstić information content (AvgIpc) is 3.40. The Hall–Kier alpha value is -2.74. The lowest BCUT2D eigenvalue weighted by Gasteiger charge is -2.13. The summed E-state index contributed by atoms with van der Waals surface area (Å²) in [6.45, 7) is 1.85. The molecule has 0 bridgehead atoms. The van der Waals surface area contributed by atoms with Gasteiger partial charge in [0.05, 0.1) is 5.25 Å². The Bertz CT molecular complexity index is 940. The summed E-state index contributed by atoms with van der Waals surface area (Å²) in [5.74, 6) is 0.284. The van der Waals surface area contributed by atoms with Gasteiger partial charge in [0.2, 0.25) is 5.91 Å². The number of hydrogen-bond donors (Lipinski definition) is 1. The maximum atomic E-state index is 13.4. The minimum atomic E-state index is -0.320. The second-order valence-corrected chi connectivity index (χ2v) is 7.70. The van der Waals surface area contributed by atoms with Crippen molar-refractivity contribution in [1.29, 1.82) is 0 Å². The van der Waals surface area contributed by atoms with Gasteiger partial charge in [-0.1, -0.05) is 11.8 Å². The largest absolute Gasteiger partial charge is 0.352 e. The Balaban J connectivity index is 1.69. The highest BCUT2D eigenvalue weighted by Crippen LogP contribution is 2.30. The van der Waals surface area contributed by atoms with Crippen molar-refractivity contribution >= 4 is 17.7 Å². The molecule has 1 atom stereocenters. The van der Waals surface area contributed by atoms with Gasteiger partial charge >= 0.3 is 0 Å². The molecule has 6 nitrogen and oxygen atoms in total. The number of benzene rings is 1. The number of carbonyl (C=O) groups is 1. The first-order valence-corrected chi connectivity index (χ1v) is 9.58. The summed E-state index contributed by atoms with van der Waals surface area (Å²) < 4.78 is 15.2. The molecule has 0 saturated heterocycles. The number of carbonyl (C=O) groups excluding carboxylic acids is 1. The summed E-state index contributed by atoms with van der Waals surface area (Å²) in [5.41, 5.74) is 1.56. The first-order valence-electron chi connectivity index (χ1n) is 8.70. The van der Waals surface area contributed by atoms with Gasteiger partial charge < -0.3 is 5.32 Å². The van der Waals surface area contributed by atoms with Gasteiger partial charge in [0.25, 0.3) is 0 Å². The zero-order chi connectivity index (χ0) is 18.8. The molecule has 1 fully saturated rings. The fourth-order valence-electron chi connectivity index (χ4n) is 2.61. The highest BCUT2D eigenvalue weighted by atomic mass is 32.2. The van der Waals surface area contributed by atoms with Gasteiger partial charge in [0, 0.05) is 29.7 Å². The first-order chi connectivity index (χ1) is 13.1. The molecule has 1 aliphatic carbocycles. The van der Waals surface area contributed by atoms with Crippen LogP contribution in [-0.2, 0) is 4.79 Å². The van der Waals surface area contributed by atoms with Gasteiger partial charge in [-0.05, 0) is 56.2 Å². The molecular formula is C19H18FN5OS. The van der Waals surface area contributed by atoms with Crippen LogP contribution in [0.2, 0.25) is 0 Å². The summed E-state index contributed by atoms with van der Waals surface area (Å²) in [5, 5.41) is 11.9. The van der Waals surface area contributed by atoms with Gasteiger partial charge in [-0.2, -0.15) is 0 Å². The Morgan fingerprint density at radius 1 is 1.19 bits per heavy atom. The quantitative estimate of drug-likeness (QED) is 0.662. The Labute approximate surface area is 160 Å². The van der Waals surface area contributed by atoms with Crippen LogP contribution < -0.4 is 5.32 Å². The van der Waals surface area contributed by atoms with Crippen LogP contribution in [0.5, 0.6) is 0 Å². The molecular weight excluding hydrogens is 365 g/mol. The molecule has 138 valence electrons. The second-order valence-electron chi connectivity index (χ2n) is 6.40. The van der Waals surface area contributed by atoms with E-state index in [1.54, 1.807) is 24.5 Å². The van der Waals surface area contributed by atoms with Crippen LogP contribution in [0.3, 0.4) is 0 Å². The topological polar surface area (TPSA) is 72.7 Å². The number of halogens is 1. The van der Waals surface area contributed by atoms with E-state index in [0.29, 0.717) is 17.0 Å². The Kier molecular flexibility index (Phi) is 4.89. The molecule has 4 rings (SSSR count). The van der Waals surface area contributed by atoms with Crippen LogP contribution >= 0.6 is 11.8 Å². The van der Waals surface area contributed by atoms with E-state index in [0.717, 1.165) is 24.1 Å². The molecule has 1 aliphatic rings. The molecule has 27 heavy (non-hydrogen) atoms. The van der Waals surface area contributed by atoms with Crippen molar-refractivity contribution in [2.75, 3.05) is 0 Å². The van der Waals surface area contributed by atoms with Crippen molar-refractivity contribution in [3.63, 3.8) is 0 Å².